The Bertz CT molecular complexity index is 742. The summed E-state index contributed by atoms with van der Waals surface area (Å²) in [7, 11) is -3.66. The Morgan fingerprint density at radius 2 is 1.48 bits per heavy atom. The molecule has 2 aromatic carbocycles. The highest BCUT2D eigenvalue weighted by atomic mass is 32.2. The number of benzene rings is 2. The highest BCUT2D eigenvalue weighted by molar-refractivity contribution is 7.89. The number of rotatable bonds is 3. The third-order valence-corrected chi connectivity index (χ3v) is 5.50. The molecule has 0 saturated carbocycles. The minimum atomic E-state index is -3.66. The maximum atomic E-state index is 12.7. The maximum absolute atomic E-state index is 12.7. The van der Waals surface area contributed by atoms with E-state index in [1.807, 2.05) is 30.3 Å². The summed E-state index contributed by atoms with van der Waals surface area (Å²) in [5.74, 6) is -0.0524. The van der Waals surface area contributed by atoms with Crippen molar-refractivity contribution in [3.8, 4) is 0 Å². The molecule has 0 aromatic heterocycles. The van der Waals surface area contributed by atoms with Crippen molar-refractivity contribution in [3.05, 3.63) is 66.2 Å². The van der Waals surface area contributed by atoms with E-state index in [2.05, 4.69) is 0 Å². The normalized spacial score (nSPS) is 19.8. The molecule has 2 aromatic rings. The number of ketones is 1. The van der Waals surface area contributed by atoms with Crippen molar-refractivity contribution in [1.82, 2.24) is 4.31 Å². The molecule has 1 aliphatic heterocycles. The van der Waals surface area contributed by atoms with Gasteiger partial charge < -0.3 is 0 Å². The van der Waals surface area contributed by atoms with Crippen LogP contribution in [-0.4, -0.2) is 25.1 Å². The second kappa shape index (κ2) is 5.42. The van der Waals surface area contributed by atoms with Crippen LogP contribution in [-0.2, 0) is 14.8 Å². The van der Waals surface area contributed by atoms with Crippen LogP contribution >= 0.6 is 0 Å². The van der Waals surface area contributed by atoms with Crippen LogP contribution in [0.5, 0.6) is 0 Å². The van der Waals surface area contributed by atoms with Crippen LogP contribution < -0.4 is 0 Å². The van der Waals surface area contributed by atoms with Gasteiger partial charge >= 0.3 is 0 Å². The van der Waals surface area contributed by atoms with Crippen LogP contribution in [0.3, 0.4) is 0 Å². The van der Waals surface area contributed by atoms with Crippen LogP contribution in [0.2, 0.25) is 0 Å². The molecule has 5 heteroatoms. The smallest absolute Gasteiger partial charge is 0.244 e. The Kier molecular flexibility index (Phi) is 3.61. The van der Waals surface area contributed by atoms with E-state index in [1.165, 1.54) is 4.31 Å². The van der Waals surface area contributed by atoms with Gasteiger partial charge in [0.25, 0.3) is 0 Å². The molecule has 0 aliphatic carbocycles. The summed E-state index contributed by atoms with van der Waals surface area (Å²) >= 11 is 0. The lowest BCUT2D eigenvalue weighted by molar-refractivity contribution is -0.116. The van der Waals surface area contributed by atoms with E-state index >= 15 is 0 Å². The second-order valence-electron chi connectivity index (χ2n) is 5.03. The Labute approximate surface area is 124 Å². The topological polar surface area (TPSA) is 54.5 Å². The van der Waals surface area contributed by atoms with Gasteiger partial charge in [0.1, 0.15) is 5.78 Å². The fourth-order valence-electron chi connectivity index (χ4n) is 2.61. The van der Waals surface area contributed by atoms with E-state index in [-0.39, 0.29) is 23.6 Å². The van der Waals surface area contributed by atoms with Gasteiger partial charge in [-0.25, -0.2) is 8.42 Å². The first-order valence-electron chi connectivity index (χ1n) is 6.72. The number of carbonyl (C=O) groups is 1. The number of sulfonamides is 1. The molecule has 0 unspecified atom stereocenters. The minimum absolute atomic E-state index is 0.0524. The molecule has 3 rings (SSSR count). The first kappa shape index (κ1) is 14.0. The van der Waals surface area contributed by atoms with Gasteiger partial charge in [-0.1, -0.05) is 48.5 Å². The lowest BCUT2D eigenvalue weighted by Crippen LogP contribution is -2.31. The summed E-state index contributed by atoms with van der Waals surface area (Å²) in [5, 5.41) is 0. The SMILES string of the molecule is O=C1C[C@H](c2ccccc2)N(S(=O)(=O)c2ccccc2)C1. The number of carbonyl (C=O) groups excluding carboxylic acids is 1. The average molecular weight is 301 g/mol. The fraction of sp³-hybridized carbons (Fsp3) is 0.188. The predicted octanol–water partition coefficient (Wildman–Crippen LogP) is 2.39. The molecule has 1 saturated heterocycles. The summed E-state index contributed by atoms with van der Waals surface area (Å²) in [6.45, 7) is -0.0587. The zero-order valence-electron chi connectivity index (χ0n) is 11.3. The molecule has 4 nitrogen and oxygen atoms in total. The number of hydrogen-bond acceptors (Lipinski definition) is 3. The summed E-state index contributed by atoms with van der Waals surface area (Å²) in [6, 6.07) is 17.1. The zero-order chi connectivity index (χ0) is 14.9. The van der Waals surface area contributed by atoms with Gasteiger partial charge in [-0.3, -0.25) is 4.79 Å². The van der Waals surface area contributed by atoms with Crippen molar-refractivity contribution in [3.63, 3.8) is 0 Å². The lowest BCUT2D eigenvalue weighted by Gasteiger charge is -2.23. The van der Waals surface area contributed by atoms with Gasteiger partial charge in [-0.2, -0.15) is 4.31 Å². The predicted molar refractivity (Wildman–Crippen MR) is 79.1 cm³/mol. The van der Waals surface area contributed by atoms with Gasteiger partial charge in [0.05, 0.1) is 17.5 Å². The Hall–Kier alpha value is -1.98. The quantitative estimate of drug-likeness (QED) is 0.874. The third kappa shape index (κ3) is 2.62. The molecule has 0 radical (unpaired) electrons. The number of hydrogen-bond donors (Lipinski definition) is 0. The van der Waals surface area contributed by atoms with Crippen LogP contribution in [0.15, 0.2) is 65.6 Å². The van der Waals surface area contributed by atoms with Crippen LogP contribution in [0, 0.1) is 0 Å². The monoisotopic (exact) mass is 301 g/mol. The molecule has 0 bridgehead atoms. The standard InChI is InChI=1S/C16H15NO3S/c18-14-11-16(13-7-3-1-4-8-13)17(12-14)21(19,20)15-9-5-2-6-10-15/h1-10,16H,11-12H2/t16-/m1/s1. The van der Waals surface area contributed by atoms with Gasteiger partial charge in [0.2, 0.25) is 10.0 Å². The average Bonchev–Trinajstić information content (AvgIpc) is 2.92. The summed E-state index contributed by atoms with van der Waals surface area (Å²) in [5.41, 5.74) is 0.850. The van der Waals surface area contributed by atoms with E-state index in [1.54, 1.807) is 30.3 Å². The van der Waals surface area contributed by atoms with E-state index in [0.717, 1.165) is 5.56 Å². The summed E-state index contributed by atoms with van der Waals surface area (Å²) in [4.78, 5) is 12.0. The molecule has 1 fully saturated rings. The first-order valence-corrected chi connectivity index (χ1v) is 8.16. The van der Waals surface area contributed by atoms with E-state index < -0.39 is 16.1 Å². The molecule has 21 heavy (non-hydrogen) atoms. The lowest BCUT2D eigenvalue weighted by atomic mass is 10.1. The largest absolute Gasteiger partial charge is 0.298 e. The van der Waals surface area contributed by atoms with E-state index in [4.69, 9.17) is 0 Å². The van der Waals surface area contributed by atoms with E-state index in [0.29, 0.717) is 0 Å². The Morgan fingerprint density at radius 3 is 2.10 bits per heavy atom. The molecule has 0 N–H and O–H groups in total. The van der Waals surface area contributed by atoms with Crippen molar-refractivity contribution < 1.29 is 13.2 Å². The Balaban J connectivity index is 2.02. The molecule has 0 amide bonds. The molecule has 108 valence electrons. The third-order valence-electron chi connectivity index (χ3n) is 3.63. The van der Waals surface area contributed by atoms with Crippen molar-refractivity contribution in [2.45, 2.75) is 17.4 Å². The molecular weight excluding hydrogens is 286 g/mol. The number of Topliss-reactive ketones (excluding diaryl/α,β-unsaturated/α-hetero) is 1. The van der Waals surface area contributed by atoms with Crippen LogP contribution in [0.4, 0.5) is 0 Å². The Morgan fingerprint density at radius 1 is 0.905 bits per heavy atom. The van der Waals surface area contributed by atoms with E-state index in [9.17, 15) is 13.2 Å². The van der Waals surface area contributed by atoms with Crippen molar-refractivity contribution in [2.75, 3.05) is 6.54 Å². The van der Waals surface area contributed by atoms with Gasteiger partial charge in [-0.15, -0.1) is 0 Å². The van der Waals surface area contributed by atoms with Gasteiger partial charge in [-0.05, 0) is 17.7 Å². The van der Waals surface area contributed by atoms with Crippen LogP contribution in [0.25, 0.3) is 0 Å². The number of nitrogens with zero attached hydrogens (tertiary/aromatic N) is 1. The molecular formula is C16H15NO3S. The van der Waals surface area contributed by atoms with Crippen molar-refractivity contribution >= 4 is 15.8 Å². The molecule has 0 spiro atoms. The van der Waals surface area contributed by atoms with Crippen LogP contribution in [0.1, 0.15) is 18.0 Å². The zero-order valence-corrected chi connectivity index (χ0v) is 12.2. The second-order valence-corrected chi connectivity index (χ2v) is 6.92. The van der Waals surface area contributed by atoms with Crippen molar-refractivity contribution in [1.29, 1.82) is 0 Å². The van der Waals surface area contributed by atoms with Crippen molar-refractivity contribution in [2.24, 2.45) is 0 Å². The summed E-state index contributed by atoms with van der Waals surface area (Å²) < 4.78 is 26.8. The summed E-state index contributed by atoms with van der Waals surface area (Å²) in [6.07, 6.45) is 0.232. The van der Waals surface area contributed by atoms with Gasteiger partial charge in [0, 0.05) is 6.42 Å². The highest BCUT2D eigenvalue weighted by Gasteiger charge is 2.40. The molecule has 1 atom stereocenters. The molecule has 1 aliphatic rings. The van der Waals surface area contributed by atoms with Gasteiger partial charge in [0.15, 0.2) is 0 Å². The maximum Gasteiger partial charge on any atom is 0.244 e. The fourth-order valence-corrected chi connectivity index (χ4v) is 4.22. The highest BCUT2D eigenvalue weighted by Crippen LogP contribution is 2.34. The molecule has 1 heterocycles. The first-order chi connectivity index (χ1) is 10.1. The minimum Gasteiger partial charge on any atom is -0.298 e.